The van der Waals surface area contributed by atoms with E-state index in [9.17, 15) is 8.78 Å². The first-order valence-electron chi connectivity index (χ1n) is 8.05. The molecule has 0 aliphatic heterocycles. The van der Waals surface area contributed by atoms with Crippen LogP contribution in [0.2, 0.25) is 0 Å². The van der Waals surface area contributed by atoms with Gasteiger partial charge < -0.3 is 4.98 Å². The number of rotatable bonds is 1. The van der Waals surface area contributed by atoms with Gasteiger partial charge in [0.15, 0.2) is 5.82 Å². The third-order valence-corrected chi connectivity index (χ3v) is 5.45. The molecule has 2 aliphatic carbocycles. The van der Waals surface area contributed by atoms with Gasteiger partial charge in [-0.15, -0.1) is 0 Å². The summed E-state index contributed by atoms with van der Waals surface area (Å²) in [5.74, 6) is 1.78. The Morgan fingerprint density at radius 1 is 1.00 bits per heavy atom. The molecule has 0 spiro atoms. The van der Waals surface area contributed by atoms with Gasteiger partial charge in [0.05, 0.1) is 5.52 Å². The molecule has 0 saturated heterocycles. The maximum absolute atomic E-state index is 13.8. The van der Waals surface area contributed by atoms with Crippen molar-refractivity contribution < 1.29 is 8.78 Å². The average Bonchev–Trinajstić information content (AvgIpc) is 2.91. The van der Waals surface area contributed by atoms with Gasteiger partial charge in [-0.1, -0.05) is 25.7 Å². The molecule has 2 nitrogen and oxygen atoms in total. The van der Waals surface area contributed by atoms with Crippen molar-refractivity contribution in [2.24, 2.45) is 11.8 Å². The monoisotopic (exact) mass is 290 g/mol. The van der Waals surface area contributed by atoms with Gasteiger partial charge in [-0.05, 0) is 37.2 Å². The summed E-state index contributed by atoms with van der Waals surface area (Å²) in [7, 11) is 0. The highest BCUT2D eigenvalue weighted by Gasteiger charge is 2.34. The lowest BCUT2D eigenvalue weighted by atomic mass is 9.67. The van der Waals surface area contributed by atoms with Crippen LogP contribution in [0.5, 0.6) is 0 Å². The maximum atomic E-state index is 13.8. The highest BCUT2D eigenvalue weighted by atomic mass is 19.1. The highest BCUT2D eigenvalue weighted by Crippen LogP contribution is 2.45. The van der Waals surface area contributed by atoms with Gasteiger partial charge in [0.2, 0.25) is 0 Å². The summed E-state index contributed by atoms with van der Waals surface area (Å²) >= 11 is 0. The Morgan fingerprint density at radius 2 is 1.81 bits per heavy atom. The summed E-state index contributed by atoms with van der Waals surface area (Å²) in [5.41, 5.74) is 0.755. The molecule has 2 saturated carbocycles. The molecular weight excluding hydrogens is 270 g/mol. The lowest BCUT2D eigenvalue weighted by Crippen LogP contribution is -2.27. The second kappa shape index (κ2) is 5.08. The predicted molar refractivity (Wildman–Crippen MR) is 78.0 cm³/mol. The van der Waals surface area contributed by atoms with Gasteiger partial charge in [0.25, 0.3) is 0 Å². The third-order valence-electron chi connectivity index (χ3n) is 5.45. The van der Waals surface area contributed by atoms with Gasteiger partial charge in [0.1, 0.15) is 17.2 Å². The number of hydrogen-bond donors (Lipinski definition) is 1. The normalized spacial score (nSPS) is 29.5. The molecule has 0 radical (unpaired) electrons. The minimum absolute atomic E-state index is 0.275. The first kappa shape index (κ1) is 13.2. The van der Waals surface area contributed by atoms with Crippen LogP contribution >= 0.6 is 0 Å². The molecule has 3 unspecified atom stereocenters. The summed E-state index contributed by atoms with van der Waals surface area (Å²) in [5, 5.41) is 0. The maximum Gasteiger partial charge on any atom is 0.153 e. The standard InChI is InChI=1S/C17H20F2N2/c18-13-8-14(19)16-15(9-13)20-17(21-16)12-6-5-10-3-1-2-4-11(10)7-12/h8-12H,1-7H2,(H,20,21). The molecule has 4 rings (SSSR count). The number of aromatic amines is 1. The van der Waals surface area contributed by atoms with Gasteiger partial charge >= 0.3 is 0 Å². The van der Waals surface area contributed by atoms with E-state index in [4.69, 9.17) is 0 Å². The lowest BCUT2D eigenvalue weighted by Gasteiger charge is -2.38. The molecule has 3 atom stereocenters. The van der Waals surface area contributed by atoms with Crippen LogP contribution in [0, 0.1) is 23.5 Å². The Kier molecular flexibility index (Phi) is 3.20. The summed E-state index contributed by atoms with van der Waals surface area (Å²) < 4.78 is 27.1. The predicted octanol–water partition coefficient (Wildman–Crippen LogP) is 4.92. The minimum Gasteiger partial charge on any atom is -0.342 e. The lowest BCUT2D eigenvalue weighted by molar-refractivity contribution is 0.153. The van der Waals surface area contributed by atoms with Crippen LogP contribution in [0.25, 0.3) is 11.0 Å². The Labute approximate surface area is 123 Å². The number of fused-ring (bicyclic) bond motifs is 2. The quantitative estimate of drug-likeness (QED) is 0.793. The molecule has 21 heavy (non-hydrogen) atoms. The Bertz CT molecular complexity index is 664. The van der Waals surface area contributed by atoms with Crippen LogP contribution in [0.3, 0.4) is 0 Å². The average molecular weight is 290 g/mol. The number of halogens is 2. The van der Waals surface area contributed by atoms with Crippen LogP contribution in [-0.4, -0.2) is 9.97 Å². The van der Waals surface area contributed by atoms with E-state index < -0.39 is 11.6 Å². The Hall–Kier alpha value is -1.45. The van der Waals surface area contributed by atoms with E-state index in [0.29, 0.717) is 11.4 Å². The van der Waals surface area contributed by atoms with E-state index in [0.717, 1.165) is 36.6 Å². The van der Waals surface area contributed by atoms with Crippen molar-refractivity contribution in [2.75, 3.05) is 0 Å². The van der Waals surface area contributed by atoms with Gasteiger partial charge in [-0.25, -0.2) is 13.8 Å². The van der Waals surface area contributed by atoms with Crippen molar-refractivity contribution >= 4 is 11.0 Å². The Balaban J connectivity index is 1.63. The van der Waals surface area contributed by atoms with Gasteiger partial charge in [-0.2, -0.15) is 0 Å². The van der Waals surface area contributed by atoms with Crippen molar-refractivity contribution in [2.45, 2.75) is 50.9 Å². The molecule has 2 aliphatic rings. The smallest absolute Gasteiger partial charge is 0.153 e. The highest BCUT2D eigenvalue weighted by molar-refractivity contribution is 5.75. The first-order chi connectivity index (χ1) is 10.2. The SMILES string of the molecule is Fc1cc(F)c2nc(C3CCC4CCCCC4C3)[nH]c2c1. The summed E-state index contributed by atoms with van der Waals surface area (Å²) in [6.45, 7) is 0. The molecule has 112 valence electrons. The molecule has 0 bridgehead atoms. The summed E-state index contributed by atoms with van der Waals surface area (Å²) in [6.07, 6.45) is 8.93. The molecule has 1 heterocycles. The second-order valence-corrected chi connectivity index (χ2v) is 6.72. The van der Waals surface area contributed by atoms with E-state index in [-0.39, 0.29) is 5.52 Å². The fourth-order valence-corrected chi connectivity index (χ4v) is 4.38. The molecule has 4 heteroatoms. The fourth-order valence-electron chi connectivity index (χ4n) is 4.38. The van der Waals surface area contributed by atoms with Gasteiger partial charge in [-0.3, -0.25) is 0 Å². The fraction of sp³-hybridized carbons (Fsp3) is 0.588. The number of aromatic nitrogens is 2. The van der Waals surface area contributed by atoms with Crippen LogP contribution < -0.4 is 0 Å². The minimum atomic E-state index is -0.571. The summed E-state index contributed by atoms with van der Waals surface area (Å²) in [6, 6.07) is 2.24. The first-order valence-corrected chi connectivity index (χ1v) is 8.05. The van der Waals surface area contributed by atoms with Crippen molar-refractivity contribution in [3.05, 3.63) is 29.6 Å². The zero-order valence-electron chi connectivity index (χ0n) is 12.0. The van der Waals surface area contributed by atoms with E-state index in [1.54, 1.807) is 0 Å². The number of nitrogens with zero attached hydrogens (tertiary/aromatic N) is 1. The van der Waals surface area contributed by atoms with Crippen molar-refractivity contribution in [1.82, 2.24) is 9.97 Å². The zero-order chi connectivity index (χ0) is 14.4. The van der Waals surface area contributed by atoms with Crippen LogP contribution in [0.15, 0.2) is 12.1 Å². The second-order valence-electron chi connectivity index (χ2n) is 6.72. The van der Waals surface area contributed by atoms with Crippen LogP contribution in [-0.2, 0) is 0 Å². The van der Waals surface area contributed by atoms with Crippen molar-refractivity contribution in [3.8, 4) is 0 Å². The Morgan fingerprint density at radius 3 is 2.67 bits per heavy atom. The number of H-pyrrole nitrogens is 1. The molecule has 1 aromatic heterocycles. The molecule has 1 N–H and O–H groups in total. The number of benzene rings is 1. The molecule has 1 aromatic carbocycles. The number of nitrogens with one attached hydrogen (secondary N) is 1. The van der Waals surface area contributed by atoms with E-state index in [1.807, 2.05) is 0 Å². The molecule has 0 amide bonds. The molecule has 2 aromatic rings. The van der Waals surface area contributed by atoms with Crippen molar-refractivity contribution in [1.29, 1.82) is 0 Å². The molecular formula is C17H20F2N2. The number of imidazole rings is 1. The largest absolute Gasteiger partial charge is 0.342 e. The third kappa shape index (κ3) is 2.34. The molecule has 2 fully saturated rings. The number of hydrogen-bond acceptors (Lipinski definition) is 1. The van der Waals surface area contributed by atoms with Crippen molar-refractivity contribution in [3.63, 3.8) is 0 Å². The zero-order valence-corrected chi connectivity index (χ0v) is 12.0. The van der Waals surface area contributed by atoms with E-state index in [1.165, 1.54) is 38.2 Å². The van der Waals surface area contributed by atoms with Gasteiger partial charge in [0, 0.05) is 12.0 Å². The van der Waals surface area contributed by atoms with Crippen LogP contribution in [0.4, 0.5) is 8.78 Å². The van der Waals surface area contributed by atoms with E-state index >= 15 is 0 Å². The van der Waals surface area contributed by atoms with Crippen LogP contribution in [0.1, 0.15) is 56.7 Å². The van der Waals surface area contributed by atoms with E-state index in [2.05, 4.69) is 9.97 Å². The summed E-state index contributed by atoms with van der Waals surface area (Å²) in [4.78, 5) is 7.57. The topological polar surface area (TPSA) is 28.7 Å².